The van der Waals surface area contributed by atoms with Crippen molar-refractivity contribution in [2.45, 2.75) is 32.2 Å². The lowest BCUT2D eigenvalue weighted by Gasteiger charge is -2.12. The van der Waals surface area contributed by atoms with Crippen molar-refractivity contribution in [2.24, 2.45) is 0 Å². The van der Waals surface area contributed by atoms with Crippen LogP contribution in [0.1, 0.15) is 35.6 Å². The van der Waals surface area contributed by atoms with Gasteiger partial charge in [0.25, 0.3) is 0 Å². The second kappa shape index (κ2) is 7.37. The number of pyridine rings is 1. The molecule has 2 N–H and O–H groups in total. The van der Waals surface area contributed by atoms with Crippen LogP contribution in [0.3, 0.4) is 0 Å². The van der Waals surface area contributed by atoms with Crippen LogP contribution in [-0.4, -0.2) is 34.6 Å². The molecule has 1 aliphatic rings. The van der Waals surface area contributed by atoms with E-state index in [0.717, 1.165) is 69.3 Å². The Kier molecular flexibility index (Phi) is 4.54. The van der Waals surface area contributed by atoms with Gasteiger partial charge in [0.2, 0.25) is 0 Å². The molecule has 1 aliphatic carbocycles. The molecule has 3 aromatic heterocycles. The predicted molar refractivity (Wildman–Crippen MR) is 113 cm³/mol. The first-order chi connectivity index (χ1) is 14.7. The number of nitrogens with one attached hydrogen (secondary N) is 2. The molecule has 8 heteroatoms. The summed E-state index contributed by atoms with van der Waals surface area (Å²) in [5.41, 5.74) is 4.45. The van der Waals surface area contributed by atoms with E-state index in [2.05, 4.69) is 25.7 Å². The lowest BCUT2D eigenvalue weighted by Crippen LogP contribution is -2.04. The summed E-state index contributed by atoms with van der Waals surface area (Å²) >= 11 is 0. The number of hydrogen-bond donors (Lipinski definition) is 2. The molecule has 0 radical (unpaired) electrons. The number of H-pyrrole nitrogens is 1. The highest BCUT2D eigenvalue weighted by atomic mass is 16.5. The highest BCUT2D eigenvalue weighted by molar-refractivity contribution is 6.00. The number of benzene rings is 1. The third-order valence-electron chi connectivity index (χ3n) is 5.55. The molecule has 5 rings (SSSR count). The fraction of sp³-hybridized carbons (Fsp3) is 0.318. The van der Waals surface area contributed by atoms with Crippen LogP contribution in [0.25, 0.3) is 22.3 Å². The molecule has 1 fully saturated rings. The summed E-state index contributed by atoms with van der Waals surface area (Å²) in [6.07, 6.45) is 4.08. The third kappa shape index (κ3) is 3.14. The minimum absolute atomic E-state index is 0.495. The largest absolute Gasteiger partial charge is 0.497 e. The Morgan fingerprint density at radius 1 is 1.17 bits per heavy atom. The molecule has 3 heterocycles. The second-order valence-corrected chi connectivity index (χ2v) is 7.48. The van der Waals surface area contributed by atoms with Gasteiger partial charge in [-0.15, -0.1) is 0 Å². The molecule has 0 amide bonds. The molecule has 0 bridgehead atoms. The molecule has 0 aliphatic heterocycles. The standard InChI is InChI=1S/C22H23N5O3/c1-12-19(27-30-21(12)13-4-5-13)20-18-16(25-26-20)8-9-23-22(18)24-11-14-6-7-15(28-2)10-17(14)29-3/h6-10,13H,4-5,11H2,1-3H3,(H,23,24)(H,25,26). The van der Waals surface area contributed by atoms with E-state index in [4.69, 9.17) is 14.0 Å². The number of hydrogen-bond acceptors (Lipinski definition) is 7. The molecule has 0 saturated heterocycles. The average molecular weight is 405 g/mol. The van der Waals surface area contributed by atoms with Crippen LogP contribution in [0.4, 0.5) is 5.82 Å². The van der Waals surface area contributed by atoms with E-state index >= 15 is 0 Å². The zero-order valence-electron chi connectivity index (χ0n) is 17.2. The van der Waals surface area contributed by atoms with E-state index in [1.807, 2.05) is 31.2 Å². The smallest absolute Gasteiger partial charge is 0.143 e. The summed E-state index contributed by atoms with van der Waals surface area (Å²) in [6, 6.07) is 7.66. The molecule has 30 heavy (non-hydrogen) atoms. The van der Waals surface area contributed by atoms with Gasteiger partial charge >= 0.3 is 0 Å². The topological polar surface area (TPSA) is 98.1 Å². The van der Waals surface area contributed by atoms with Crippen molar-refractivity contribution < 1.29 is 14.0 Å². The van der Waals surface area contributed by atoms with E-state index in [9.17, 15) is 0 Å². The lowest BCUT2D eigenvalue weighted by molar-refractivity contribution is 0.385. The number of aromatic nitrogens is 4. The first-order valence-electron chi connectivity index (χ1n) is 9.94. The Hall–Kier alpha value is -3.55. The first-order valence-corrected chi connectivity index (χ1v) is 9.94. The monoisotopic (exact) mass is 405 g/mol. The number of fused-ring (bicyclic) bond motifs is 1. The summed E-state index contributed by atoms with van der Waals surface area (Å²) in [4.78, 5) is 4.56. The highest BCUT2D eigenvalue weighted by Gasteiger charge is 2.32. The van der Waals surface area contributed by atoms with Crippen molar-refractivity contribution in [1.82, 2.24) is 20.3 Å². The van der Waals surface area contributed by atoms with Crippen molar-refractivity contribution in [3.63, 3.8) is 0 Å². The summed E-state index contributed by atoms with van der Waals surface area (Å²) in [5.74, 6) is 3.70. The molecule has 154 valence electrons. The van der Waals surface area contributed by atoms with Gasteiger partial charge in [0.15, 0.2) is 0 Å². The van der Waals surface area contributed by atoms with E-state index in [0.29, 0.717) is 12.5 Å². The molecule has 0 spiro atoms. The maximum atomic E-state index is 5.64. The van der Waals surface area contributed by atoms with E-state index < -0.39 is 0 Å². The lowest BCUT2D eigenvalue weighted by atomic mass is 10.1. The highest BCUT2D eigenvalue weighted by Crippen LogP contribution is 2.44. The predicted octanol–water partition coefficient (Wildman–Crippen LogP) is 4.43. The fourth-order valence-corrected chi connectivity index (χ4v) is 3.74. The quantitative estimate of drug-likeness (QED) is 0.469. The number of methoxy groups -OCH3 is 2. The first kappa shape index (κ1) is 18.5. The molecule has 4 aromatic rings. The molecule has 0 unspecified atom stereocenters. The number of ether oxygens (including phenoxy) is 2. The number of aromatic amines is 1. The Morgan fingerprint density at radius 2 is 2.03 bits per heavy atom. The van der Waals surface area contributed by atoms with Crippen molar-refractivity contribution in [3.8, 4) is 22.9 Å². The van der Waals surface area contributed by atoms with Crippen molar-refractivity contribution in [2.75, 3.05) is 19.5 Å². The van der Waals surface area contributed by atoms with Crippen LogP contribution in [0.5, 0.6) is 11.5 Å². The number of anilines is 1. The van der Waals surface area contributed by atoms with Gasteiger partial charge in [0, 0.05) is 35.9 Å². The van der Waals surface area contributed by atoms with Gasteiger partial charge in [-0.05, 0) is 38.0 Å². The van der Waals surface area contributed by atoms with Gasteiger partial charge < -0.3 is 19.3 Å². The van der Waals surface area contributed by atoms with E-state index in [1.165, 1.54) is 0 Å². The maximum absolute atomic E-state index is 5.64. The molecular formula is C22H23N5O3. The van der Waals surface area contributed by atoms with Gasteiger partial charge in [0.05, 0.1) is 25.1 Å². The van der Waals surface area contributed by atoms with Crippen LogP contribution in [0.2, 0.25) is 0 Å². The Balaban J connectivity index is 1.49. The Bertz CT molecular complexity index is 1210. The maximum Gasteiger partial charge on any atom is 0.143 e. The molecule has 0 atom stereocenters. The summed E-state index contributed by atoms with van der Waals surface area (Å²) in [6.45, 7) is 2.58. The Labute approximate surface area is 173 Å². The minimum Gasteiger partial charge on any atom is -0.497 e. The van der Waals surface area contributed by atoms with Crippen molar-refractivity contribution in [3.05, 3.63) is 47.3 Å². The van der Waals surface area contributed by atoms with E-state index in [-0.39, 0.29) is 0 Å². The average Bonchev–Trinajstić information content (AvgIpc) is 3.42. The number of rotatable bonds is 7. The van der Waals surface area contributed by atoms with Crippen LogP contribution >= 0.6 is 0 Å². The SMILES string of the molecule is COc1ccc(CNc2nccc3[nH]nc(-c4noc(C5CC5)c4C)c23)c(OC)c1. The fourth-order valence-electron chi connectivity index (χ4n) is 3.74. The van der Waals surface area contributed by atoms with Crippen molar-refractivity contribution in [1.29, 1.82) is 0 Å². The molecule has 1 aromatic carbocycles. The summed E-state index contributed by atoms with van der Waals surface area (Å²) < 4.78 is 16.4. The zero-order valence-corrected chi connectivity index (χ0v) is 17.2. The van der Waals surface area contributed by atoms with Crippen LogP contribution in [-0.2, 0) is 6.54 Å². The molecular weight excluding hydrogens is 382 g/mol. The second-order valence-electron chi connectivity index (χ2n) is 7.48. The van der Waals surface area contributed by atoms with Crippen LogP contribution in [0.15, 0.2) is 35.0 Å². The van der Waals surface area contributed by atoms with Gasteiger partial charge in [-0.25, -0.2) is 4.98 Å². The van der Waals surface area contributed by atoms with Gasteiger partial charge in [-0.1, -0.05) is 5.16 Å². The zero-order chi connectivity index (χ0) is 20.7. The number of nitrogens with zero attached hydrogens (tertiary/aromatic N) is 3. The van der Waals surface area contributed by atoms with E-state index in [1.54, 1.807) is 20.4 Å². The van der Waals surface area contributed by atoms with Gasteiger partial charge in [-0.2, -0.15) is 5.10 Å². The third-order valence-corrected chi connectivity index (χ3v) is 5.55. The Morgan fingerprint density at radius 3 is 2.80 bits per heavy atom. The van der Waals surface area contributed by atoms with Crippen molar-refractivity contribution >= 4 is 16.7 Å². The molecule has 8 nitrogen and oxygen atoms in total. The minimum atomic E-state index is 0.495. The van der Waals surface area contributed by atoms with Crippen LogP contribution in [0, 0.1) is 6.92 Å². The van der Waals surface area contributed by atoms with Gasteiger partial charge in [-0.3, -0.25) is 5.10 Å². The normalized spacial score (nSPS) is 13.6. The summed E-state index contributed by atoms with van der Waals surface area (Å²) in [5, 5.41) is 16.3. The van der Waals surface area contributed by atoms with Crippen LogP contribution < -0.4 is 14.8 Å². The molecule has 1 saturated carbocycles. The van der Waals surface area contributed by atoms with Gasteiger partial charge in [0.1, 0.15) is 34.5 Å². The summed E-state index contributed by atoms with van der Waals surface area (Å²) in [7, 11) is 3.29.